The topological polar surface area (TPSA) is 236 Å². The average Bonchev–Trinajstić information content (AvgIpc) is 3.23. The second-order valence-electron chi connectivity index (χ2n) is 28.8. The van der Waals surface area contributed by atoms with Gasteiger partial charge in [-0.1, -0.05) is 96.9 Å². The van der Waals surface area contributed by atoms with E-state index in [1.54, 1.807) is 0 Å². The van der Waals surface area contributed by atoms with E-state index < -0.39 is 18.2 Å². The Labute approximate surface area is 451 Å². The minimum atomic E-state index is -0.596. The largest absolute Gasteiger partial charge is 0.461 e. The van der Waals surface area contributed by atoms with Gasteiger partial charge in [0, 0.05) is 56.3 Å². The lowest BCUT2D eigenvalue weighted by atomic mass is 9.62. The summed E-state index contributed by atoms with van der Waals surface area (Å²) < 4.78 is 21.5. The van der Waals surface area contributed by atoms with Crippen LogP contribution in [0.5, 0.6) is 0 Å². The normalized spacial score (nSPS) is 30.7. The Morgan fingerprint density at radius 2 is 0.773 bits per heavy atom. The van der Waals surface area contributed by atoms with Crippen molar-refractivity contribution >= 4 is 36.1 Å². The van der Waals surface area contributed by atoms with Gasteiger partial charge in [-0.15, -0.1) is 0 Å². The second-order valence-corrected chi connectivity index (χ2v) is 28.8. The number of nitrogens with one attached hydrogen (secondary N) is 8. The maximum absolute atomic E-state index is 13.8. The Kier molecular flexibility index (Phi) is 22.1. The second kappa shape index (κ2) is 26.1. The number of ether oxygens (including phenoxy) is 4. The van der Waals surface area contributed by atoms with Gasteiger partial charge in [0.2, 0.25) is 5.91 Å². The van der Waals surface area contributed by atoms with Crippen molar-refractivity contribution in [1.29, 1.82) is 0 Å². The number of hydrogen-bond acceptors (Lipinski definition) is 11. The van der Waals surface area contributed by atoms with Gasteiger partial charge in [0.15, 0.2) is 0 Å². The van der Waals surface area contributed by atoms with Crippen LogP contribution in [0.4, 0.5) is 19.2 Å². The lowest BCUT2D eigenvalue weighted by molar-refractivity contribution is -0.144. The third-order valence-electron chi connectivity index (χ3n) is 15.9. The SMILES string of the molecule is CC(C)OCCOC(=O)NCC1(C)CC(NCC(=O)OCCOC(=O)NCC2(C)CC(NC(=O)NC3CC(C)(C)CC(C)(CNC(=O)NC4CC(C)(C)CC(C)(CNC(=O)C(C)C)C4)C3)CC(C)(C)C2)CC(C)(C)C1. The molecular weight excluding hydrogens is 957 g/mol. The maximum Gasteiger partial charge on any atom is 0.407 e. The third kappa shape index (κ3) is 22.8. The molecule has 432 valence electrons. The molecule has 4 aliphatic carbocycles. The molecular formula is C57H104N8O10. The van der Waals surface area contributed by atoms with Crippen LogP contribution in [0.25, 0.3) is 0 Å². The molecule has 8 N–H and O–H groups in total. The van der Waals surface area contributed by atoms with Crippen LogP contribution < -0.4 is 42.5 Å². The number of rotatable bonds is 22. The maximum atomic E-state index is 13.8. The zero-order valence-corrected chi connectivity index (χ0v) is 49.4. The third-order valence-corrected chi connectivity index (χ3v) is 15.9. The van der Waals surface area contributed by atoms with Crippen LogP contribution >= 0.6 is 0 Å². The first-order valence-corrected chi connectivity index (χ1v) is 28.2. The van der Waals surface area contributed by atoms with Gasteiger partial charge in [-0.3, -0.25) is 9.59 Å². The minimum Gasteiger partial charge on any atom is -0.461 e. The molecule has 0 aliphatic heterocycles. The van der Waals surface area contributed by atoms with Gasteiger partial charge >= 0.3 is 30.2 Å². The number of hydrogen-bond donors (Lipinski definition) is 8. The van der Waals surface area contributed by atoms with Crippen molar-refractivity contribution in [2.24, 2.45) is 49.2 Å². The van der Waals surface area contributed by atoms with E-state index in [9.17, 15) is 28.8 Å². The van der Waals surface area contributed by atoms with Gasteiger partial charge in [-0.05, 0) is 134 Å². The quantitative estimate of drug-likeness (QED) is 0.0290. The molecule has 8 atom stereocenters. The van der Waals surface area contributed by atoms with Crippen molar-refractivity contribution in [3.05, 3.63) is 0 Å². The molecule has 0 aromatic carbocycles. The van der Waals surface area contributed by atoms with Gasteiger partial charge in [0.1, 0.15) is 19.8 Å². The Morgan fingerprint density at radius 3 is 1.19 bits per heavy atom. The molecule has 18 heteroatoms. The zero-order chi connectivity index (χ0) is 56.3. The predicted molar refractivity (Wildman–Crippen MR) is 293 cm³/mol. The van der Waals surface area contributed by atoms with Crippen LogP contribution in [0.15, 0.2) is 0 Å². The fraction of sp³-hybridized carbons (Fsp3) is 0.895. The molecule has 75 heavy (non-hydrogen) atoms. The first-order chi connectivity index (χ1) is 34.5. The van der Waals surface area contributed by atoms with Crippen LogP contribution in [0.1, 0.15) is 188 Å². The fourth-order valence-electron chi connectivity index (χ4n) is 14.6. The smallest absolute Gasteiger partial charge is 0.407 e. The summed E-state index contributed by atoms with van der Waals surface area (Å²) in [5.41, 5.74) is -1.09. The molecule has 0 heterocycles. The predicted octanol–water partition coefficient (Wildman–Crippen LogP) is 8.71. The summed E-state index contributed by atoms with van der Waals surface area (Å²) in [6.45, 7) is 36.2. The molecule has 0 saturated heterocycles. The highest BCUT2D eigenvalue weighted by atomic mass is 16.6. The van der Waals surface area contributed by atoms with Crippen LogP contribution in [-0.2, 0) is 28.5 Å². The van der Waals surface area contributed by atoms with E-state index in [0.717, 1.165) is 70.6 Å². The molecule has 4 rings (SSSR count). The van der Waals surface area contributed by atoms with E-state index in [4.69, 9.17) is 18.9 Å². The number of urea groups is 2. The summed E-state index contributed by atoms with van der Waals surface area (Å²) >= 11 is 0. The van der Waals surface area contributed by atoms with Gasteiger partial charge < -0.3 is 61.5 Å². The number of alkyl carbamates (subject to hydrolysis) is 2. The van der Waals surface area contributed by atoms with Crippen molar-refractivity contribution in [3.63, 3.8) is 0 Å². The molecule has 4 aliphatic rings. The Bertz CT molecular complexity index is 1940. The number of esters is 1. The molecule has 8 unspecified atom stereocenters. The molecule has 18 nitrogen and oxygen atoms in total. The van der Waals surface area contributed by atoms with Crippen molar-refractivity contribution < 1.29 is 47.7 Å². The highest BCUT2D eigenvalue weighted by Crippen LogP contribution is 2.49. The molecule has 0 aromatic rings. The summed E-state index contributed by atoms with van der Waals surface area (Å²) in [7, 11) is 0. The molecule has 0 radical (unpaired) electrons. The van der Waals surface area contributed by atoms with Crippen molar-refractivity contribution in [2.45, 2.75) is 218 Å². The molecule has 0 spiro atoms. The van der Waals surface area contributed by atoms with Crippen LogP contribution in [0.2, 0.25) is 0 Å². The first kappa shape index (κ1) is 63.5. The van der Waals surface area contributed by atoms with E-state index in [0.29, 0.717) is 39.2 Å². The van der Waals surface area contributed by atoms with Crippen molar-refractivity contribution in [2.75, 3.05) is 59.2 Å². The average molecular weight is 1060 g/mol. The molecule has 4 fully saturated rings. The van der Waals surface area contributed by atoms with E-state index in [2.05, 4.69) is 126 Å². The van der Waals surface area contributed by atoms with Crippen LogP contribution in [0, 0.1) is 49.2 Å². The van der Waals surface area contributed by atoms with Crippen molar-refractivity contribution in [1.82, 2.24) is 42.5 Å². The van der Waals surface area contributed by atoms with E-state index in [-0.39, 0.29) is 124 Å². The molecule has 7 amide bonds. The number of carbonyl (C=O) groups is 6. The molecule has 0 bridgehead atoms. The monoisotopic (exact) mass is 1060 g/mol. The number of carbonyl (C=O) groups excluding carboxylic acids is 6. The Balaban J connectivity index is 1.17. The standard InChI is InChI=1S/C57H104N8O10/c1-38(2)45(67)59-34-55(14)26-41(22-51(7,8)31-55)63-46(68)60-35-56(15)27-42(23-52(9,10)32-56)64-47(69)65-43-24-53(11,12)33-57(16,28-43)37-62-49(71)75-20-18-73-44(66)29-58-40-21-50(5,6)30-54(13,25-40)36-61-48(70)74-19-17-72-39(3)4/h38-43,58H,17-37H2,1-16H3,(H,59,67)(H,61,70)(H,62,71)(H2,60,63,68)(H2,64,65,69). The fourth-order valence-corrected chi connectivity index (χ4v) is 14.6. The Hall–Kier alpha value is -4.06. The molecule has 0 aromatic heterocycles. The number of amides is 7. The summed E-state index contributed by atoms with van der Waals surface area (Å²) in [6, 6.07) is -0.588. The summed E-state index contributed by atoms with van der Waals surface area (Å²) in [4.78, 5) is 77.7. The van der Waals surface area contributed by atoms with Crippen LogP contribution in [0.3, 0.4) is 0 Å². The lowest BCUT2D eigenvalue weighted by Crippen LogP contribution is -2.56. The first-order valence-electron chi connectivity index (χ1n) is 28.2. The highest BCUT2D eigenvalue weighted by Gasteiger charge is 2.46. The van der Waals surface area contributed by atoms with Crippen LogP contribution in [-0.4, -0.2) is 126 Å². The van der Waals surface area contributed by atoms with Gasteiger partial charge in [-0.2, -0.15) is 0 Å². The van der Waals surface area contributed by atoms with Gasteiger partial charge in [-0.25, -0.2) is 19.2 Å². The van der Waals surface area contributed by atoms with E-state index >= 15 is 0 Å². The minimum absolute atomic E-state index is 0.00804. The summed E-state index contributed by atoms with van der Waals surface area (Å²) in [5.74, 6) is -0.476. The zero-order valence-electron chi connectivity index (χ0n) is 49.4. The van der Waals surface area contributed by atoms with E-state index in [1.165, 1.54) is 0 Å². The van der Waals surface area contributed by atoms with E-state index in [1.807, 2.05) is 27.7 Å². The Morgan fingerprint density at radius 1 is 0.427 bits per heavy atom. The lowest BCUT2D eigenvalue weighted by Gasteiger charge is -2.48. The van der Waals surface area contributed by atoms with Gasteiger partial charge in [0.05, 0.1) is 19.3 Å². The summed E-state index contributed by atoms with van der Waals surface area (Å²) in [6.07, 6.45) is 8.86. The molecule has 4 saturated carbocycles. The summed E-state index contributed by atoms with van der Waals surface area (Å²) in [5, 5.41) is 25.4. The highest BCUT2D eigenvalue weighted by molar-refractivity contribution is 5.78. The van der Waals surface area contributed by atoms with Crippen molar-refractivity contribution in [3.8, 4) is 0 Å². The van der Waals surface area contributed by atoms with Gasteiger partial charge in [0.25, 0.3) is 0 Å².